The van der Waals surface area contributed by atoms with E-state index in [9.17, 15) is 4.79 Å². The van der Waals surface area contributed by atoms with Gasteiger partial charge in [0.15, 0.2) is 4.80 Å². The van der Waals surface area contributed by atoms with Gasteiger partial charge in [0, 0.05) is 12.1 Å². The number of hydrogen-bond donors (Lipinski definition) is 0. The average molecular weight is 376 g/mol. The Morgan fingerprint density at radius 1 is 1.07 bits per heavy atom. The SMILES string of the molecule is CCCn1c(=NC(=O)c2ccc3ccccc3c2)sc2cc(OC)ccc21. The van der Waals surface area contributed by atoms with E-state index in [0.29, 0.717) is 5.56 Å². The number of nitrogens with zero attached hydrogens (tertiary/aromatic N) is 2. The maximum absolute atomic E-state index is 12.8. The molecule has 0 atom stereocenters. The maximum Gasteiger partial charge on any atom is 0.279 e. The Balaban J connectivity index is 1.82. The number of amides is 1. The van der Waals surface area contributed by atoms with Gasteiger partial charge in [0.25, 0.3) is 5.91 Å². The Morgan fingerprint density at radius 3 is 2.67 bits per heavy atom. The van der Waals surface area contributed by atoms with Gasteiger partial charge in [0.05, 0.1) is 17.3 Å². The molecule has 0 saturated heterocycles. The summed E-state index contributed by atoms with van der Waals surface area (Å²) in [6, 6.07) is 19.7. The molecule has 4 aromatic rings. The fourth-order valence-corrected chi connectivity index (χ4v) is 4.26. The first kappa shape index (κ1) is 17.5. The Kier molecular flexibility index (Phi) is 4.77. The van der Waals surface area contributed by atoms with Crippen LogP contribution in [0.4, 0.5) is 0 Å². The minimum Gasteiger partial charge on any atom is -0.497 e. The predicted molar refractivity (Wildman–Crippen MR) is 110 cm³/mol. The molecule has 27 heavy (non-hydrogen) atoms. The molecular formula is C22H20N2O2S. The van der Waals surface area contributed by atoms with Crippen molar-refractivity contribution in [3.05, 3.63) is 71.0 Å². The van der Waals surface area contributed by atoms with Crippen LogP contribution in [0.3, 0.4) is 0 Å². The van der Waals surface area contributed by atoms with E-state index < -0.39 is 0 Å². The molecule has 1 aromatic heterocycles. The summed E-state index contributed by atoms with van der Waals surface area (Å²) in [7, 11) is 1.66. The van der Waals surface area contributed by atoms with E-state index >= 15 is 0 Å². The first-order valence-electron chi connectivity index (χ1n) is 8.95. The van der Waals surface area contributed by atoms with Gasteiger partial charge in [0.1, 0.15) is 5.75 Å². The van der Waals surface area contributed by atoms with Crippen molar-refractivity contribution in [2.24, 2.45) is 4.99 Å². The summed E-state index contributed by atoms with van der Waals surface area (Å²) in [5, 5.41) is 2.16. The molecule has 0 aliphatic heterocycles. The highest BCUT2D eigenvalue weighted by molar-refractivity contribution is 7.16. The fraction of sp³-hybridized carbons (Fsp3) is 0.182. The third-order valence-electron chi connectivity index (χ3n) is 4.53. The normalized spacial score (nSPS) is 12.0. The lowest BCUT2D eigenvalue weighted by Gasteiger charge is -2.04. The quantitative estimate of drug-likeness (QED) is 0.502. The molecule has 3 aromatic carbocycles. The van der Waals surface area contributed by atoms with E-state index in [2.05, 4.69) is 16.5 Å². The molecule has 0 spiro atoms. The number of thiazole rings is 1. The molecule has 0 bridgehead atoms. The Bertz CT molecular complexity index is 1200. The molecule has 0 aliphatic carbocycles. The van der Waals surface area contributed by atoms with Crippen molar-refractivity contribution in [3.63, 3.8) is 0 Å². The molecule has 0 saturated carbocycles. The molecule has 5 heteroatoms. The zero-order valence-corrected chi connectivity index (χ0v) is 16.1. The first-order valence-corrected chi connectivity index (χ1v) is 9.76. The van der Waals surface area contributed by atoms with Crippen molar-refractivity contribution < 1.29 is 9.53 Å². The first-order chi connectivity index (χ1) is 13.2. The van der Waals surface area contributed by atoms with Gasteiger partial charge in [-0.15, -0.1) is 0 Å². The van der Waals surface area contributed by atoms with Crippen LogP contribution in [0, 0.1) is 0 Å². The van der Waals surface area contributed by atoms with Crippen LogP contribution >= 0.6 is 11.3 Å². The van der Waals surface area contributed by atoms with E-state index in [1.165, 1.54) is 11.3 Å². The topological polar surface area (TPSA) is 43.6 Å². The van der Waals surface area contributed by atoms with Crippen LogP contribution in [0.1, 0.15) is 23.7 Å². The molecule has 0 N–H and O–H groups in total. The van der Waals surface area contributed by atoms with E-state index in [0.717, 1.165) is 44.5 Å². The summed E-state index contributed by atoms with van der Waals surface area (Å²) in [6.45, 7) is 2.94. The van der Waals surface area contributed by atoms with Gasteiger partial charge in [-0.2, -0.15) is 4.99 Å². The van der Waals surface area contributed by atoms with E-state index in [1.54, 1.807) is 7.11 Å². The summed E-state index contributed by atoms with van der Waals surface area (Å²) < 4.78 is 8.49. The molecule has 0 aliphatic rings. The second kappa shape index (κ2) is 7.37. The number of fused-ring (bicyclic) bond motifs is 2. The summed E-state index contributed by atoms with van der Waals surface area (Å²) >= 11 is 1.52. The van der Waals surface area contributed by atoms with Crippen LogP contribution in [-0.4, -0.2) is 17.6 Å². The largest absolute Gasteiger partial charge is 0.497 e. The van der Waals surface area contributed by atoms with Gasteiger partial charge in [-0.3, -0.25) is 4.79 Å². The number of hydrogen-bond acceptors (Lipinski definition) is 3. The van der Waals surface area contributed by atoms with Crippen molar-refractivity contribution in [2.45, 2.75) is 19.9 Å². The van der Waals surface area contributed by atoms with E-state index in [1.807, 2.05) is 60.7 Å². The second-order valence-electron chi connectivity index (χ2n) is 6.35. The van der Waals surface area contributed by atoms with Crippen molar-refractivity contribution >= 4 is 38.2 Å². The van der Waals surface area contributed by atoms with Crippen LogP contribution < -0.4 is 9.54 Å². The summed E-state index contributed by atoms with van der Waals surface area (Å²) in [5.41, 5.74) is 1.68. The predicted octanol–water partition coefficient (Wildman–Crippen LogP) is 5.02. The number of carbonyl (C=O) groups is 1. The number of carbonyl (C=O) groups excluding carboxylic acids is 1. The summed E-state index contributed by atoms with van der Waals surface area (Å²) in [4.78, 5) is 18.0. The molecule has 0 fully saturated rings. The lowest BCUT2D eigenvalue weighted by atomic mass is 10.1. The van der Waals surface area contributed by atoms with Gasteiger partial charge in [-0.25, -0.2) is 0 Å². The van der Waals surface area contributed by atoms with Crippen molar-refractivity contribution in [1.29, 1.82) is 0 Å². The van der Waals surface area contributed by atoms with E-state index in [-0.39, 0.29) is 5.91 Å². The third-order valence-corrected chi connectivity index (χ3v) is 5.57. The standard InChI is InChI=1S/C22H20N2O2S/c1-3-12-24-19-11-10-18(26-2)14-20(19)27-22(24)23-21(25)17-9-8-15-6-4-5-7-16(15)13-17/h4-11,13-14H,3,12H2,1-2H3. The van der Waals surface area contributed by atoms with Crippen molar-refractivity contribution in [3.8, 4) is 5.75 Å². The smallest absolute Gasteiger partial charge is 0.279 e. The monoisotopic (exact) mass is 376 g/mol. The Morgan fingerprint density at radius 2 is 1.89 bits per heavy atom. The van der Waals surface area contributed by atoms with Gasteiger partial charge in [-0.1, -0.05) is 48.6 Å². The molecule has 1 amide bonds. The third kappa shape index (κ3) is 3.38. The zero-order valence-electron chi connectivity index (χ0n) is 15.3. The molecule has 136 valence electrons. The number of ether oxygens (including phenoxy) is 1. The summed E-state index contributed by atoms with van der Waals surface area (Å²) in [6.07, 6.45) is 0.967. The fourth-order valence-electron chi connectivity index (χ4n) is 3.18. The molecule has 0 unspecified atom stereocenters. The lowest BCUT2D eigenvalue weighted by Crippen LogP contribution is -2.16. The van der Waals surface area contributed by atoms with Gasteiger partial charge in [-0.05, 0) is 47.5 Å². The van der Waals surface area contributed by atoms with Crippen LogP contribution in [0.2, 0.25) is 0 Å². The molecule has 0 radical (unpaired) electrons. The lowest BCUT2D eigenvalue weighted by molar-refractivity contribution is 0.0998. The molecule has 4 nitrogen and oxygen atoms in total. The number of benzene rings is 3. The van der Waals surface area contributed by atoms with Crippen LogP contribution in [0.25, 0.3) is 21.0 Å². The van der Waals surface area contributed by atoms with Crippen molar-refractivity contribution in [2.75, 3.05) is 7.11 Å². The zero-order chi connectivity index (χ0) is 18.8. The Hall–Kier alpha value is -2.92. The highest BCUT2D eigenvalue weighted by atomic mass is 32.1. The molecular weight excluding hydrogens is 356 g/mol. The number of methoxy groups -OCH3 is 1. The average Bonchev–Trinajstić information content (AvgIpc) is 3.04. The van der Waals surface area contributed by atoms with Crippen LogP contribution in [-0.2, 0) is 6.54 Å². The minimum absolute atomic E-state index is 0.218. The number of rotatable bonds is 4. The maximum atomic E-state index is 12.8. The summed E-state index contributed by atoms with van der Waals surface area (Å²) in [5.74, 6) is 0.587. The second-order valence-corrected chi connectivity index (χ2v) is 7.36. The van der Waals surface area contributed by atoms with Crippen LogP contribution in [0.5, 0.6) is 5.75 Å². The van der Waals surface area contributed by atoms with Gasteiger partial charge >= 0.3 is 0 Å². The van der Waals surface area contributed by atoms with Crippen LogP contribution in [0.15, 0.2) is 65.7 Å². The number of aryl methyl sites for hydroxylation is 1. The number of aromatic nitrogens is 1. The minimum atomic E-state index is -0.218. The molecule has 4 rings (SSSR count). The van der Waals surface area contributed by atoms with E-state index in [4.69, 9.17) is 4.74 Å². The highest BCUT2D eigenvalue weighted by Crippen LogP contribution is 2.23. The highest BCUT2D eigenvalue weighted by Gasteiger charge is 2.10. The van der Waals surface area contributed by atoms with Gasteiger partial charge in [0.2, 0.25) is 0 Å². The molecule has 1 heterocycles. The van der Waals surface area contributed by atoms with Gasteiger partial charge < -0.3 is 9.30 Å². The van der Waals surface area contributed by atoms with Crippen molar-refractivity contribution in [1.82, 2.24) is 4.57 Å². The Labute approximate surface area is 161 Å².